The molecule has 25 heavy (non-hydrogen) atoms. The van der Waals surface area contributed by atoms with Crippen molar-refractivity contribution in [2.24, 2.45) is 0 Å². The number of rotatable bonds is 5. The van der Waals surface area contributed by atoms with Gasteiger partial charge in [-0.3, -0.25) is 14.9 Å². The first-order chi connectivity index (χ1) is 11.8. The molecule has 0 saturated carbocycles. The number of para-hydroxylation sites is 1. The number of carbonyl (C=O) groups excluding carboxylic acids is 2. The standard InChI is InChI=1S/C18H18N2O5/c1-12-11-14(9-10-16(12)20(23)24)18(22)25-13(2)17(21)19(3)15-7-5-4-6-8-15/h4-11,13H,1-3H3/t13-/m0/s1. The van der Waals surface area contributed by atoms with Gasteiger partial charge in [0.15, 0.2) is 6.10 Å². The minimum atomic E-state index is -0.992. The lowest BCUT2D eigenvalue weighted by Gasteiger charge is -2.21. The zero-order chi connectivity index (χ0) is 18.6. The average molecular weight is 342 g/mol. The third-order valence-electron chi connectivity index (χ3n) is 3.73. The summed E-state index contributed by atoms with van der Waals surface area (Å²) in [5, 5.41) is 10.8. The number of amides is 1. The van der Waals surface area contributed by atoms with Crippen molar-refractivity contribution in [1.82, 2.24) is 0 Å². The van der Waals surface area contributed by atoms with Crippen molar-refractivity contribution in [2.75, 3.05) is 11.9 Å². The predicted molar refractivity (Wildman–Crippen MR) is 92.6 cm³/mol. The molecule has 0 saturated heterocycles. The third-order valence-corrected chi connectivity index (χ3v) is 3.73. The van der Waals surface area contributed by atoms with Gasteiger partial charge in [0.2, 0.25) is 0 Å². The maximum Gasteiger partial charge on any atom is 0.338 e. The van der Waals surface area contributed by atoms with Crippen LogP contribution in [-0.2, 0) is 9.53 Å². The van der Waals surface area contributed by atoms with Crippen LogP contribution in [-0.4, -0.2) is 30.0 Å². The molecule has 0 aliphatic heterocycles. The summed E-state index contributed by atoms with van der Waals surface area (Å²) in [6, 6.07) is 12.9. The Morgan fingerprint density at radius 1 is 1.16 bits per heavy atom. The predicted octanol–water partition coefficient (Wildman–Crippen LogP) is 3.11. The number of carbonyl (C=O) groups is 2. The summed E-state index contributed by atoms with van der Waals surface area (Å²) in [6.45, 7) is 3.02. The van der Waals surface area contributed by atoms with E-state index in [1.165, 1.54) is 36.9 Å². The van der Waals surface area contributed by atoms with Crippen LogP contribution in [0.4, 0.5) is 11.4 Å². The van der Waals surface area contributed by atoms with Crippen LogP contribution >= 0.6 is 0 Å². The van der Waals surface area contributed by atoms with E-state index in [-0.39, 0.29) is 17.2 Å². The minimum absolute atomic E-state index is 0.0792. The second-order valence-electron chi connectivity index (χ2n) is 5.54. The van der Waals surface area contributed by atoms with E-state index in [1.54, 1.807) is 31.3 Å². The number of nitro groups is 1. The number of hydrogen-bond donors (Lipinski definition) is 0. The quantitative estimate of drug-likeness (QED) is 0.473. The second kappa shape index (κ2) is 7.57. The van der Waals surface area contributed by atoms with Crippen molar-refractivity contribution < 1.29 is 19.2 Å². The molecule has 0 heterocycles. The zero-order valence-electron chi connectivity index (χ0n) is 14.1. The molecule has 7 heteroatoms. The Bertz CT molecular complexity index is 804. The third kappa shape index (κ3) is 4.20. The molecule has 0 bridgehead atoms. The van der Waals surface area contributed by atoms with Crippen LogP contribution in [0.1, 0.15) is 22.8 Å². The summed E-state index contributed by atoms with van der Waals surface area (Å²) < 4.78 is 5.20. The number of ether oxygens (including phenoxy) is 1. The summed E-state index contributed by atoms with van der Waals surface area (Å²) in [4.78, 5) is 36.3. The SMILES string of the molecule is Cc1cc(C(=O)O[C@@H](C)C(=O)N(C)c2ccccc2)ccc1[N+](=O)[O-]. The van der Waals surface area contributed by atoms with Crippen LogP contribution in [0.15, 0.2) is 48.5 Å². The van der Waals surface area contributed by atoms with Crippen molar-refractivity contribution >= 4 is 23.3 Å². The molecular weight excluding hydrogens is 324 g/mol. The molecule has 2 aromatic carbocycles. The van der Waals surface area contributed by atoms with Gasteiger partial charge in [0.05, 0.1) is 10.5 Å². The molecular formula is C18H18N2O5. The maximum atomic E-state index is 12.4. The molecule has 1 atom stereocenters. The van der Waals surface area contributed by atoms with Gasteiger partial charge in [-0.2, -0.15) is 0 Å². The van der Waals surface area contributed by atoms with Gasteiger partial charge >= 0.3 is 5.97 Å². The minimum Gasteiger partial charge on any atom is -0.449 e. The fourth-order valence-electron chi connectivity index (χ4n) is 2.32. The molecule has 0 fully saturated rings. The molecule has 7 nitrogen and oxygen atoms in total. The highest BCUT2D eigenvalue weighted by molar-refractivity contribution is 5.98. The van der Waals surface area contributed by atoms with Gasteiger partial charge in [0.1, 0.15) is 0 Å². The molecule has 0 unspecified atom stereocenters. The Morgan fingerprint density at radius 3 is 2.36 bits per heavy atom. The molecule has 1 amide bonds. The van der Waals surface area contributed by atoms with E-state index in [4.69, 9.17) is 4.74 Å². The number of likely N-dealkylation sites (N-methyl/N-ethyl adjacent to an activating group) is 1. The second-order valence-corrected chi connectivity index (χ2v) is 5.54. The first kappa shape index (κ1) is 18.1. The Hall–Kier alpha value is -3.22. The fraction of sp³-hybridized carbons (Fsp3) is 0.222. The number of esters is 1. The lowest BCUT2D eigenvalue weighted by atomic mass is 10.1. The summed E-state index contributed by atoms with van der Waals surface area (Å²) >= 11 is 0. The van der Waals surface area contributed by atoms with E-state index in [9.17, 15) is 19.7 Å². The number of anilines is 1. The summed E-state index contributed by atoms with van der Waals surface area (Å²) in [5.74, 6) is -1.08. The molecule has 130 valence electrons. The normalized spacial score (nSPS) is 11.5. The smallest absolute Gasteiger partial charge is 0.338 e. The Kier molecular flexibility index (Phi) is 5.49. The Balaban J connectivity index is 2.08. The van der Waals surface area contributed by atoms with Gasteiger partial charge in [-0.25, -0.2) is 4.79 Å². The lowest BCUT2D eigenvalue weighted by Crippen LogP contribution is -2.37. The van der Waals surface area contributed by atoms with E-state index in [0.717, 1.165) is 0 Å². The van der Waals surface area contributed by atoms with Gasteiger partial charge in [-0.15, -0.1) is 0 Å². The monoisotopic (exact) mass is 342 g/mol. The van der Waals surface area contributed by atoms with Crippen LogP contribution in [0, 0.1) is 17.0 Å². The van der Waals surface area contributed by atoms with Crippen LogP contribution in [0.5, 0.6) is 0 Å². The Labute approximate surface area is 145 Å². The summed E-state index contributed by atoms with van der Waals surface area (Å²) in [5.41, 5.74) is 1.11. The first-order valence-corrected chi connectivity index (χ1v) is 7.60. The number of hydrogen-bond acceptors (Lipinski definition) is 5. The molecule has 2 aromatic rings. The van der Waals surface area contributed by atoms with Crippen LogP contribution < -0.4 is 4.90 Å². The molecule has 0 N–H and O–H groups in total. The fourth-order valence-corrected chi connectivity index (χ4v) is 2.32. The summed E-state index contributed by atoms with van der Waals surface area (Å²) in [6.07, 6.45) is -0.992. The van der Waals surface area contributed by atoms with Crippen molar-refractivity contribution in [1.29, 1.82) is 0 Å². The van der Waals surface area contributed by atoms with Crippen molar-refractivity contribution in [3.63, 3.8) is 0 Å². The number of benzene rings is 2. The highest BCUT2D eigenvalue weighted by Crippen LogP contribution is 2.20. The van der Waals surface area contributed by atoms with Gasteiger partial charge in [0, 0.05) is 24.4 Å². The van der Waals surface area contributed by atoms with E-state index in [0.29, 0.717) is 11.3 Å². The summed E-state index contributed by atoms with van der Waals surface area (Å²) in [7, 11) is 1.60. The number of aryl methyl sites for hydroxylation is 1. The van der Waals surface area contributed by atoms with Crippen LogP contribution in [0.2, 0.25) is 0 Å². The molecule has 0 aliphatic carbocycles. The van der Waals surface area contributed by atoms with E-state index in [1.807, 2.05) is 6.07 Å². The average Bonchev–Trinajstić information content (AvgIpc) is 2.60. The molecule has 0 aliphatic rings. The highest BCUT2D eigenvalue weighted by Gasteiger charge is 2.24. The van der Waals surface area contributed by atoms with Crippen LogP contribution in [0.25, 0.3) is 0 Å². The Morgan fingerprint density at radius 2 is 1.80 bits per heavy atom. The first-order valence-electron chi connectivity index (χ1n) is 7.60. The molecule has 0 aromatic heterocycles. The van der Waals surface area contributed by atoms with E-state index >= 15 is 0 Å². The van der Waals surface area contributed by atoms with E-state index < -0.39 is 17.0 Å². The van der Waals surface area contributed by atoms with Gasteiger partial charge in [-0.05, 0) is 38.1 Å². The van der Waals surface area contributed by atoms with Crippen LogP contribution in [0.3, 0.4) is 0 Å². The molecule has 0 spiro atoms. The van der Waals surface area contributed by atoms with Crippen molar-refractivity contribution in [2.45, 2.75) is 20.0 Å². The van der Waals surface area contributed by atoms with Crippen molar-refractivity contribution in [3.05, 3.63) is 69.8 Å². The number of nitro benzene ring substituents is 1. The maximum absolute atomic E-state index is 12.4. The van der Waals surface area contributed by atoms with Crippen molar-refractivity contribution in [3.8, 4) is 0 Å². The number of nitrogens with zero attached hydrogens (tertiary/aromatic N) is 2. The zero-order valence-corrected chi connectivity index (χ0v) is 14.1. The molecule has 2 rings (SSSR count). The lowest BCUT2D eigenvalue weighted by molar-refractivity contribution is -0.385. The highest BCUT2D eigenvalue weighted by atomic mass is 16.6. The largest absolute Gasteiger partial charge is 0.449 e. The van der Waals surface area contributed by atoms with E-state index in [2.05, 4.69) is 0 Å². The topological polar surface area (TPSA) is 89.8 Å². The van der Waals surface area contributed by atoms with Gasteiger partial charge < -0.3 is 9.64 Å². The van der Waals surface area contributed by atoms with Gasteiger partial charge in [-0.1, -0.05) is 18.2 Å². The van der Waals surface area contributed by atoms with Gasteiger partial charge in [0.25, 0.3) is 11.6 Å². The molecule has 0 radical (unpaired) electrons.